The van der Waals surface area contributed by atoms with Crippen LogP contribution < -0.4 is 5.73 Å². The minimum atomic E-state index is -3.06. The van der Waals surface area contributed by atoms with Crippen molar-refractivity contribution in [2.75, 3.05) is 18.8 Å². The van der Waals surface area contributed by atoms with Crippen molar-refractivity contribution in [1.29, 1.82) is 0 Å². The Balaban J connectivity index is 2.70. The van der Waals surface area contributed by atoms with E-state index in [1.54, 1.807) is 4.31 Å². The standard InChI is InChI=1S/C10H22N2O2S/c1-4-7-15(13,14)12-6-5-10(2,3)9(11)8-12/h9H,4-8,11H2,1-3H3. The second kappa shape index (κ2) is 4.39. The van der Waals surface area contributed by atoms with Gasteiger partial charge in [0.15, 0.2) is 0 Å². The van der Waals surface area contributed by atoms with Crippen LogP contribution >= 0.6 is 0 Å². The Bertz CT molecular complexity index is 311. The summed E-state index contributed by atoms with van der Waals surface area (Å²) in [6, 6.07) is -0.0575. The highest BCUT2D eigenvalue weighted by Gasteiger charge is 2.36. The summed E-state index contributed by atoms with van der Waals surface area (Å²) in [5, 5.41) is 0. The molecular weight excluding hydrogens is 212 g/mol. The topological polar surface area (TPSA) is 63.4 Å². The fraction of sp³-hybridized carbons (Fsp3) is 1.00. The van der Waals surface area contributed by atoms with Crippen molar-refractivity contribution in [3.63, 3.8) is 0 Å². The van der Waals surface area contributed by atoms with Gasteiger partial charge in [0.25, 0.3) is 0 Å². The molecule has 1 aliphatic heterocycles. The molecule has 0 saturated carbocycles. The Labute approximate surface area is 92.9 Å². The molecule has 4 nitrogen and oxygen atoms in total. The smallest absolute Gasteiger partial charge is 0.214 e. The van der Waals surface area contributed by atoms with Gasteiger partial charge >= 0.3 is 0 Å². The Morgan fingerprint density at radius 3 is 2.53 bits per heavy atom. The van der Waals surface area contributed by atoms with E-state index in [1.165, 1.54) is 0 Å². The highest BCUT2D eigenvalue weighted by Crippen LogP contribution is 2.30. The monoisotopic (exact) mass is 234 g/mol. The summed E-state index contributed by atoms with van der Waals surface area (Å²) in [6.45, 7) is 7.16. The van der Waals surface area contributed by atoms with Crippen molar-refractivity contribution in [2.24, 2.45) is 11.1 Å². The highest BCUT2D eigenvalue weighted by atomic mass is 32.2. The van der Waals surface area contributed by atoms with Crippen molar-refractivity contribution in [3.8, 4) is 0 Å². The molecule has 0 aromatic heterocycles. The highest BCUT2D eigenvalue weighted by molar-refractivity contribution is 7.89. The molecule has 0 spiro atoms. The molecule has 0 radical (unpaired) electrons. The van der Waals surface area contributed by atoms with E-state index in [2.05, 4.69) is 13.8 Å². The second-order valence-electron chi connectivity index (χ2n) is 5.02. The summed E-state index contributed by atoms with van der Waals surface area (Å²) in [4.78, 5) is 0. The first-order valence-electron chi connectivity index (χ1n) is 5.53. The molecule has 1 heterocycles. The van der Waals surface area contributed by atoms with Gasteiger partial charge in [0.2, 0.25) is 10.0 Å². The molecule has 0 aliphatic carbocycles. The fourth-order valence-corrected chi connectivity index (χ4v) is 3.33. The van der Waals surface area contributed by atoms with Crippen molar-refractivity contribution < 1.29 is 8.42 Å². The molecule has 1 aliphatic rings. The molecule has 1 fully saturated rings. The summed E-state index contributed by atoms with van der Waals surface area (Å²) >= 11 is 0. The van der Waals surface area contributed by atoms with Gasteiger partial charge in [0.05, 0.1) is 5.75 Å². The van der Waals surface area contributed by atoms with Crippen LogP contribution in [0, 0.1) is 5.41 Å². The molecule has 1 unspecified atom stereocenters. The first-order chi connectivity index (χ1) is 6.79. The van der Waals surface area contributed by atoms with E-state index in [9.17, 15) is 8.42 Å². The van der Waals surface area contributed by atoms with E-state index in [4.69, 9.17) is 5.73 Å². The molecule has 0 bridgehead atoms. The lowest BCUT2D eigenvalue weighted by molar-refractivity contribution is 0.161. The molecule has 1 saturated heterocycles. The fourth-order valence-electron chi connectivity index (χ4n) is 1.80. The van der Waals surface area contributed by atoms with Crippen molar-refractivity contribution in [1.82, 2.24) is 4.31 Å². The van der Waals surface area contributed by atoms with Crippen molar-refractivity contribution >= 4 is 10.0 Å². The van der Waals surface area contributed by atoms with Gasteiger partial charge < -0.3 is 5.73 Å². The van der Waals surface area contributed by atoms with Gasteiger partial charge in [-0.15, -0.1) is 0 Å². The largest absolute Gasteiger partial charge is 0.326 e. The lowest BCUT2D eigenvalue weighted by Crippen LogP contribution is -2.54. The molecule has 1 rings (SSSR count). The van der Waals surface area contributed by atoms with Crippen LogP contribution in [0.2, 0.25) is 0 Å². The predicted octanol–water partition coefficient (Wildman–Crippen LogP) is 0.785. The maximum atomic E-state index is 11.8. The third kappa shape index (κ3) is 2.92. The van der Waals surface area contributed by atoms with E-state index in [0.717, 1.165) is 6.42 Å². The molecule has 2 N–H and O–H groups in total. The molecule has 0 aromatic carbocycles. The van der Waals surface area contributed by atoms with Crippen molar-refractivity contribution in [2.45, 2.75) is 39.7 Å². The van der Waals surface area contributed by atoms with Crippen LogP contribution in [0.25, 0.3) is 0 Å². The third-order valence-corrected chi connectivity index (χ3v) is 5.31. The summed E-state index contributed by atoms with van der Waals surface area (Å²) in [5.41, 5.74) is 6.04. The van der Waals surface area contributed by atoms with Crippen molar-refractivity contribution in [3.05, 3.63) is 0 Å². The van der Waals surface area contributed by atoms with Crippen LogP contribution in [0.15, 0.2) is 0 Å². The van der Waals surface area contributed by atoms with Crippen LogP contribution in [0.1, 0.15) is 33.6 Å². The number of nitrogens with two attached hydrogens (primary N) is 1. The number of piperidine rings is 1. The van der Waals surface area contributed by atoms with Gasteiger partial charge in [-0.25, -0.2) is 12.7 Å². The summed E-state index contributed by atoms with van der Waals surface area (Å²) in [5.74, 6) is 0.236. The molecule has 1 atom stereocenters. The minimum Gasteiger partial charge on any atom is -0.326 e. The van der Waals surface area contributed by atoms with Crippen LogP contribution in [0.4, 0.5) is 0 Å². The maximum Gasteiger partial charge on any atom is 0.214 e. The van der Waals surface area contributed by atoms with Crippen LogP contribution in [-0.2, 0) is 10.0 Å². The number of hydrogen-bond donors (Lipinski definition) is 1. The molecule has 0 aromatic rings. The Hall–Kier alpha value is -0.130. The average molecular weight is 234 g/mol. The van der Waals surface area contributed by atoms with Gasteiger partial charge in [-0.05, 0) is 18.3 Å². The van der Waals surface area contributed by atoms with Crippen LogP contribution in [-0.4, -0.2) is 37.6 Å². The Morgan fingerprint density at radius 1 is 1.47 bits per heavy atom. The Morgan fingerprint density at radius 2 is 2.07 bits per heavy atom. The zero-order chi connectivity index (χ0) is 11.7. The van der Waals surface area contributed by atoms with Crippen LogP contribution in [0.5, 0.6) is 0 Å². The molecule has 5 heteroatoms. The number of rotatable bonds is 3. The lowest BCUT2D eigenvalue weighted by Gasteiger charge is -2.41. The van der Waals surface area contributed by atoms with Crippen LogP contribution in [0.3, 0.4) is 0 Å². The number of hydrogen-bond acceptors (Lipinski definition) is 3. The second-order valence-corrected chi connectivity index (χ2v) is 7.11. The minimum absolute atomic E-state index is 0.0538. The van der Waals surface area contributed by atoms with E-state index < -0.39 is 10.0 Å². The van der Waals surface area contributed by atoms with E-state index in [-0.39, 0.29) is 17.2 Å². The van der Waals surface area contributed by atoms with Gasteiger partial charge in [-0.3, -0.25) is 0 Å². The first-order valence-corrected chi connectivity index (χ1v) is 7.14. The third-order valence-electron chi connectivity index (χ3n) is 3.27. The lowest BCUT2D eigenvalue weighted by atomic mass is 9.79. The zero-order valence-corrected chi connectivity index (χ0v) is 10.7. The molecular formula is C10H22N2O2S. The maximum absolute atomic E-state index is 11.8. The SMILES string of the molecule is CCCS(=O)(=O)N1CCC(C)(C)C(N)C1. The Kier molecular flexibility index (Phi) is 3.79. The quantitative estimate of drug-likeness (QED) is 0.785. The zero-order valence-electron chi connectivity index (χ0n) is 9.86. The van der Waals surface area contributed by atoms with Gasteiger partial charge in [0.1, 0.15) is 0 Å². The van der Waals surface area contributed by atoms with E-state index >= 15 is 0 Å². The van der Waals surface area contributed by atoms with Gasteiger partial charge in [0, 0.05) is 19.1 Å². The summed E-state index contributed by atoms with van der Waals surface area (Å²) in [6.07, 6.45) is 1.51. The predicted molar refractivity (Wildman–Crippen MR) is 62.0 cm³/mol. The normalized spacial score (nSPS) is 27.9. The number of nitrogens with zero attached hydrogens (tertiary/aromatic N) is 1. The average Bonchev–Trinajstić information content (AvgIpc) is 2.09. The molecule has 0 amide bonds. The molecule has 15 heavy (non-hydrogen) atoms. The van der Waals surface area contributed by atoms with Gasteiger partial charge in [-0.2, -0.15) is 0 Å². The summed E-state index contributed by atoms with van der Waals surface area (Å²) < 4.78 is 25.2. The van der Waals surface area contributed by atoms with E-state index in [0.29, 0.717) is 19.5 Å². The molecule has 90 valence electrons. The number of sulfonamides is 1. The first kappa shape index (κ1) is 12.9. The van der Waals surface area contributed by atoms with Gasteiger partial charge in [-0.1, -0.05) is 20.8 Å². The summed E-state index contributed by atoms with van der Waals surface area (Å²) in [7, 11) is -3.06. The van der Waals surface area contributed by atoms with E-state index in [1.807, 2.05) is 6.92 Å².